The van der Waals surface area contributed by atoms with Gasteiger partial charge in [0.25, 0.3) is 0 Å². The van der Waals surface area contributed by atoms with Crippen molar-refractivity contribution in [3.05, 3.63) is 0 Å². The summed E-state index contributed by atoms with van der Waals surface area (Å²) >= 11 is 0. The van der Waals surface area contributed by atoms with Gasteiger partial charge in [0.2, 0.25) is 0 Å². The Balaban J connectivity index is -0.0000000709. The quantitative estimate of drug-likeness (QED) is 0.666. The van der Waals surface area contributed by atoms with Gasteiger partial charge < -0.3 is 9.64 Å². The molecular weight excluding hydrogens is 198 g/mol. The summed E-state index contributed by atoms with van der Waals surface area (Å²) in [6, 6.07) is 0. The van der Waals surface area contributed by atoms with Gasteiger partial charge in [-0.2, -0.15) is 0 Å². The third-order valence-corrected chi connectivity index (χ3v) is 1.87. The van der Waals surface area contributed by atoms with Crippen molar-refractivity contribution in [1.82, 2.24) is 4.90 Å². The topological polar surface area (TPSA) is 12.5 Å². The third kappa shape index (κ3) is 29.2. The molecule has 16 heavy (non-hydrogen) atoms. The number of ether oxygens (including phenoxy) is 1. The van der Waals surface area contributed by atoms with E-state index in [0.717, 1.165) is 6.61 Å². The molecule has 1 heterocycles. The molecule has 0 aromatic rings. The maximum atomic E-state index is 4.54. The zero-order valence-electron chi connectivity index (χ0n) is 10.8. The summed E-state index contributed by atoms with van der Waals surface area (Å²) in [6.45, 7) is 9.67. The Kier molecular flexibility index (Phi) is 37.8. The van der Waals surface area contributed by atoms with Crippen molar-refractivity contribution in [2.24, 2.45) is 0 Å². The lowest BCUT2D eigenvalue weighted by molar-refractivity contribution is 0.215. The molecular formula is C14H37NO. The lowest BCUT2D eigenvalue weighted by Crippen LogP contribution is -2.24. The number of likely N-dealkylation sites (tertiary alicyclic amines) is 1. The molecule has 0 saturated carbocycles. The number of hydrogen-bond acceptors (Lipinski definition) is 2. The maximum Gasteiger partial charge on any atom is 0.0433 e. The van der Waals surface area contributed by atoms with Gasteiger partial charge in [-0.15, -0.1) is 0 Å². The van der Waals surface area contributed by atoms with Crippen LogP contribution in [0.25, 0.3) is 0 Å². The minimum absolute atomic E-state index is 0. The summed E-state index contributed by atoms with van der Waals surface area (Å²) in [5.41, 5.74) is 0. The first-order valence-corrected chi connectivity index (χ1v) is 5.90. The van der Waals surface area contributed by atoms with E-state index < -0.39 is 0 Å². The minimum Gasteiger partial charge on any atom is -0.385 e. The van der Waals surface area contributed by atoms with Crippen LogP contribution in [0.15, 0.2) is 0 Å². The van der Waals surface area contributed by atoms with Crippen LogP contribution in [0.1, 0.15) is 61.3 Å². The van der Waals surface area contributed by atoms with Gasteiger partial charge in [0.1, 0.15) is 0 Å². The molecule has 1 saturated heterocycles. The van der Waals surface area contributed by atoms with Gasteiger partial charge in [-0.25, -0.2) is 0 Å². The molecule has 0 unspecified atom stereocenters. The van der Waals surface area contributed by atoms with Crippen molar-refractivity contribution in [2.45, 2.75) is 61.3 Å². The van der Waals surface area contributed by atoms with Gasteiger partial charge in [-0.1, -0.05) is 41.5 Å². The van der Waals surface area contributed by atoms with Crippen molar-refractivity contribution >= 4 is 0 Å². The fourth-order valence-corrected chi connectivity index (χ4v) is 1.05. The molecule has 1 aliphatic heterocycles. The predicted octanol–water partition coefficient (Wildman–Crippen LogP) is 4.44. The van der Waals surface area contributed by atoms with Crippen LogP contribution in [0.3, 0.4) is 0 Å². The van der Waals surface area contributed by atoms with E-state index in [1.807, 2.05) is 6.92 Å². The molecule has 1 aliphatic rings. The Morgan fingerprint density at radius 1 is 0.938 bits per heavy atom. The second-order valence-electron chi connectivity index (χ2n) is 3.65. The number of piperidine rings is 1. The Morgan fingerprint density at radius 2 is 1.25 bits per heavy atom. The zero-order valence-corrected chi connectivity index (χ0v) is 10.8. The fraction of sp³-hybridized carbons (Fsp3) is 1.00. The maximum absolute atomic E-state index is 4.54. The Bertz CT molecular complexity index is 78.8. The lowest BCUT2D eigenvalue weighted by Gasteiger charge is -2.20. The molecule has 1 fully saturated rings. The highest BCUT2D eigenvalue weighted by molar-refractivity contribution is 4.58. The van der Waals surface area contributed by atoms with Crippen LogP contribution >= 0.6 is 0 Å². The standard InChI is InChI=1S/C6H13N.C3H8O.C3H8.2CH4/c1-7-5-3-2-4-6-7;1-3-4-2;1-3-2;;/h2-6H2,1H3;3H2,1-2H3;3H2,1-2H3;2*1H4. The van der Waals surface area contributed by atoms with E-state index in [1.54, 1.807) is 7.11 Å². The highest BCUT2D eigenvalue weighted by Gasteiger charge is 2.02. The summed E-state index contributed by atoms with van der Waals surface area (Å²) in [6.07, 6.45) is 5.53. The normalized spacial score (nSPS) is 14.1. The van der Waals surface area contributed by atoms with Gasteiger partial charge >= 0.3 is 0 Å². The van der Waals surface area contributed by atoms with E-state index >= 15 is 0 Å². The van der Waals surface area contributed by atoms with Gasteiger partial charge in [-0.3, -0.25) is 0 Å². The highest BCUT2D eigenvalue weighted by atomic mass is 16.5. The molecule has 1 rings (SSSR count). The van der Waals surface area contributed by atoms with E-state index in [0.29, 0.717) is 0 Å². The smallest absolute Gasteiger partial charge is 0.0433 e. The van der Waals surface area contributed by atoms with Crippen molar-refractivity contribution in [2.75, 3.05) is 33.9 Å². The zero-order chi connectivity index (χ0) is 11.2. The van der Waals surface area contributed by atoms with Crippen molar-refractivity contribution in [3.63, 3.8) is 0 Å². The molecule has 0 atom stereocenters. The molecule has 104 valence electrons. The molecule has 0 aliphatic carbocycles. The van der Waals surface area contributed by atoms with Crippen LogP contribution in [0, 0.1) is 0 Å². The molecule has 0 bridgehead atoms. The summed E-state index contributed by atoms with van der Waals surface area (Å²) in [5, 5.41) is 0. The van der Waals surface area contributed by atoms with Gasteiger partial charge in [0, 0.05) is 13.7 Å². The van der Waals surface area contributed by atoms with Gasteiger partial charge in [0.05, 0.1) is 0 Å². The van der Waals surface area contributed by atoms with Crippen molar-refractivity contribution in [1.29, 1.82) is 0 Å². The van der Waals surface area contributed by atoms with E-state index in [1.165, 1.54) is 38.8 Å². The predicted molar refractivity (Wildman–Crippen MR) is 78.3 cm³/mol. The molecule has 2 nitrogen and oxygen atoms in total. The molecule has 0 N–H and O–H groups in total. The first kappa shape index (κ1) is 24.9. The molecule has 2 heteroatoms. The van der Waals surface area contributed by atoms with Crippen molar-refractivity contribution < 1.29 is 4.74 Å². The van der Waals surface area contributed by atoms with Crippen LogP contribution in [-0.4, -0.2) is 38.8 Å². The molecule has 0 amide bonds. The van der Waals surface area contributed by atoms with Crippen LogP contribution in [0.2, 0.25) is 0 Å². The second-order valence-corrected chi connectivity index (χ2v) is 3.65. The number of methoxy groups -OCH3 is 1. The van der Waals surface area contributed by atoms with Crippen LogP contribution in [-0.2, 0) is 4.74 Å². The average Bonchev–Trinajstić information content (AvgIpc) is 2.21. The fourth-order valence-electron chi connectivity index (χ4n) is 1.05. The number of hydrogen-bond donors (Lipinski definition) is 0. The summed E-state index contributed by atoms with van der Waals surface area (Å²) < 4.78 is 4.54. The van der Waals surface area contributed by atoms with E-state index in [2.05, 4.69) is 30.5 Å². The third-order valence-electron chi connectivity index (χ3n) is 1.87. The Labute approximate surface area is 105 Å². The summed E-state index contributed by atoms with van der Waals surface area (Å²) in [7, 11) is 3.87. The average molecular weight is 235 g/mol. The Hall–Kier alpha value is -0.0800. The van der Waals surface area contributed by atoms with Crippen molar-refractivity contribution in [3.8, 4) is 0 Å². The first-order valence-electron chi connectivity index (χ1n) is 5.90. The largest absolute Gasteiger partial charge is 0.385 e. The molecule has 0 spiro atoms. The summed E-state index contributed by atoms with van der Waals surface area (Å²) in [5.74, 6) is 0. The van der Waals surface area contributed by atoms with E-state index in [4.69, 9.17) is 0 Å². The van der Waals surface area contributed by atoms with Crippen LogP contribution in [0.5, 0.6) is 0 Å². The van der Waals surface area contributed by atoms with Gasteiger partial charge in [0.15, 0.2) is 0 Å². The molecule has 0 radical (unpaired) electrons. The lowest BCUT2D eigenvalue weighted by atomic mass is 10.1. The highest BCUT2D eigenvalue weighted by Crippen LogP contribution is 2.04. The second kappa shape index (κ2) is 24.2. The van der Waals surface area contributed by atoms with Crippen LogP contribution < -0.4 is 0 Å². The first-order chi connectivity index (χ1) is 6.72. The Morgan fingerprint density at radius 3 is 1.38 bits per heavy atom. The van der Waals surface area contributed by atoms with E-state index in [9.17, 15) is 0 Å². The monoisotopic (exact) mass is 235 g/mol. The molecule has 0 aromatic carbocycles. The molecule has 0 aromatic heterocycles. The van der Waals surface area contributed by atoms with E-state index in [-0.39, 0.29) is 14.9 Å². The number of rotatable bonds is 1. The minimum atomic E-state index is 0. The number of nitrogens with zero attached hydrogens (tertiary/aromatic N) is 1. The van der Waals surface area contributed by atoms with Crippen LogP contribution in [0.4, 0.5) is 0 Å². The summed E-state index contributed by atoms with van der Waals surface area (Å²) in [4.78, 5) is 2.39. The van der Waals surface area contributed by atoms with Gasteiger partial charge in [-0.05, 0) is 39.9 Å². The SMILES string of the molecule is C.C.CCC.CCOC.CN1CCCCC1.